The molecule has 0 N–H and O–H groups in total. The standard InChI is InChI=1S/C13H12F3N3O3/c14-13(15,16)12-11(19(21)22)10(8-4-2-1-3-5-8)17-7-6-9(20)18(12)17/h1-5,10-12H,6-7H2/t10-,11+,12+/m0/s1. The molecule has 6 nitrogen and oxygen atoms in total. The first-order valence-electron chi connectivity index (χ1n) is 6.66. The van der Waals surface area contributed by atoms with E-state index in [1.165, 1.54) is 5.01 Å². The highest BCUT2D eigenvalue weighted by Crippen LogP contribution is 2.46. The van der Waals surface area contributed by atoms with Crippen LogP contribution in [0.25, 0.3) is 0 Å². The number of carbonyl (C=O) groups excluding carboxylic acids is 1. The fraction of sp³-hybridized carbons (Fsp3) is 0.462. The third kappa shape index (κ3) is 2.12. The minimum absolute atomic E-state index is 0.0509. The minimum Gasteiger partial charge on any atom is -0.273 e. The highest BCUT2D eigenvalue weighted by molar-refractivity contribution is 5.78. The zero-order chi connectivity index (χ0) is 16.1. The van der Waals surface area contributed by atoms with E-state index in [1.807, 2.05) is 0 Å². The molecule has 0 aromatic heterocycles. The highest BCUT2D eigenvalue weighted by atomic mass is 19.4. The molecule has 0 saturated carbocycles. The van der Waals surface area contributed by atoms with Crippen LogP contribution in [0.4, 0.5) is 13.2 Å². The van der Waals surface area contributed by atoms with Gasteiger partial charge in [-0.05, 0) is 5.56 Å². The molecule has 1 aromatic carbocycles. The van der Waals surface area contributed by atoms with E-state index in [-0.39, 0.29) is 13.0 Å². The van der Waals surface area contributed by atoms with Gasteiger partial charge in [0, 0.05) is 17.9 Å². The number of alkyl halides is 3. The Kier molecular flexibility index (Phi) is 3.32. The average Bonchev–Trinajstić information content (AvgIpc) is 2.97. The summed E-state index contributed by atoms with van der Waals surface area (Å²) >= 11 is 0. The van der Waals surface area contributed by atoms with Crippen molar-refractivity contribution in [3.63, 3.8) is 0 Å². The van der Waals surface area contributed by atoms with E-state index in [9.17, 15) is 28.1 Å². The monoisotopic (exact) mass is 315 g/mol. The molecular formula is C13H12F3N3O3. The molecule has 3 atom stereocenters. The third-order valence-corrected chi connectivity index (χ3v) is 4.04. The maximum absolute atomic E-state index is 13.3. The third-order valence-electron chi connectivity index (χ3n) is 4.04. The molecule has 0 aliphatic carbocycles. The van der Waals surface area contributed by atoms with Crippen LogP contribution in [0.15, 0.2) is 30.3 Å². The summed E-state index contributed by atoms with van der Waals surface area (Å²) in [4.78, 5) is 22.2. The second-order valence-corrected chi connectivity index (χ2v) is 5.27. The van der Waals surface area contributed by atoms with Gasteiger partial charge in [0.1, 0.15) is 6.04 Å². The fourth-order valence-electron chi connectivity index (χ4n) is 3.24. The number of benzene rings is 1. The zero-order valence-electron chi connectivity index (χ0n) is 11.2. The van der Waals surface area contributed by atoms with Gasteiger partial charge in [0.2, 0.25) is 11.9 Å². The number of nitro groups is 1. The lowest BCUT2D eigenvalue weighted by molar-refractivity contribution is -0.536. The molecule has 2 saturated heterocycles. The molecule has 2 aliphatic rings. The van der Waals surface area contributed by atoms with Gasteiger partial charge in [-0.15, -0.1) is 0 Å². The number of amides is 1. The summed E-state index contributed by atoms with van der Waals surface area (Å²) in [7, 11) is 0. The van der Waals surface area contributed by atoms with E-state index in [4.69, 9.17) is 0 Å². The van der Waals surface area contributed by atoms with Crippen molar-refractivity contribution >= 4 is 5.91 Å². The number of carbonyl (C=O) groups is 1. The fourth-order valence-corrected chi connectivity index (χ4v) is 3.24. The van der Waals surface area contributed by atoms with Crippen LogP contribution in [0.1, 0.15) is 18.0 Å². The van der Waals surface area contributed by atoms with E-state index in [0.717, 1.165) is 0 Å². The number of halogens is 3. The molecule has 2 fully saturated rings. The number of rotatable bonds is 2. The maximum atomic E-state index is 13.3. The van der Waals surface area contributed by atoms with Crippen LogP contribution in [0, 0.1) is 10.1 Å². The summed E-state index contributed by atoms with van der Waals surface area (Å²) in [6.45, 7) is 0.0509. The lowest BCUT2D eigenvalue weighted by atomic mass is 9.95. The highest BCUT2D eigenvalue weighted by Gasteiger charge is 2.68. The van der Waals surface area contributed by atoms with Crippen molar-refractivity contribution in [3.05, 3.63) is 46.0 Å². The normalized spacial score (nSPS) is 29.0. The molecule has 0 bridgehead atoms. The van der Waals surface area contributed by atoms with Gasteiger partial charge < -0.3 is 0 Å². The first kappa shape index (κ1) is 14.8. The Balaban J connectivity index is 2.12. The molecule has 118 valence electrons. The van der Waals surface area contributed by atoms with Gasteiger partial charge in [-0.25, -0.2) is 5.01 Å². The number of nitrogens with zero attached hydrogens (tertiary/aromatic N) is 3. The Morgan fingerprint density at radius 2 is 1.86 bits per heavy atom. The molecule has 0 spiro atoms. The Morgan fingerprint density at radius 1 is 1.23 bits per heavy atom. The predicted molar refractivity (Wildman–Crippen MR) is 68.0 cm³/mol. The van der Waals surface area contributed by atoms with Gasteiger partial charge >= 0.3 is 6.18 Å². The van der Waals surface area contributed by atoms with E-state index in [2.05, 4.69) is 0 Å². The van der Waals surface area contributed by atoms with Crippen molar-refractivity contribution in [2.75, 3.05) is 6.54 Å². The van der Waals surface area contributed by atoms with Crippen molar-refractivity contribution in [1.29, 1.82) is 0 Å². The Labute approximate surface area is 123 Å². The molecule has 2 heterocycles. The summed E-state index contributed by atoms with van der Waals surface area (Å²) in [5.74, 6) is -0.729. The molecule has 0 unspecified atom stereocenters. The van der Waals surface area contributed by atoms with Crippen molar-refractivity contribution in [3.8, 4) is 0 Å². The summed E-state index contributed by atoms with van der Waals surface area (Å²) in [6.07, 6.45) is -4.93. The Hall–Kier alpha value is -2.16. The van der Waals surface area contributed by atoms with Crippen LogP contribution in [-0.4, -0.2) is 45.7 Å². The second-order valence-electron chi connectivity index (χ2n) is 5.27. The lowest BCUT2D eigenvalue weighted by Gasteiger charge is -2.26. The van der Waals surface area contributed by atoms with Gasteiger partial charge in [0.05, 0.1) is 0 Å². The number of hydrogen-bond donors (Lipinski definition) is 0. The Morgan fingerprint density at radius 3 is 2.41 bits per heavy atom. The summed E-state index contributed by atoms with van der Waals surface area (Å²) in [6, 6.07) is 2.50. The average molecular weight is 315 g/mol. The molecule has 1 amide bonds. The van der Waals surface area contributed by atoms with Gasteiger partial charge in [0.25, 0.3) is 6.04 Å². The van der Waals surface area contributed by atoms with Gasteiger partial charge in [-0.1, -0.05) is 30.3 Å². The zero-order valence-corrected chi connectivity index (χ0v) is 11.2. The Bertz CT molecular complexity index is 608. The summed E-state index contributed by atoms with van der Waals surface area (Å²) < 4.78 is 40.0. The van der Waals surface area contributed by atoms with Crippen LogP contribution in [0.2, 0.25) is 0 Å². The quantitative estimate of drug-likeness (QED) is 0.616. The van der Waals surface area contributed by atoms with Crippen molar-refractivity contribution < 1.29 is 22.9 Å². The first-order valence-corrected chi connectivity index (χ1v) is 6.66. The van der Waals surface area contributed by atoms with E-state index in [1.54, 1.807) is 30.3 Å². The SMILES string of the molecule is O=C1CCN2[C@@H](c3ccccc3)[C@@H]([N+](=O)[O-])[C@H](C(F)(F)F)N12. The predicted octanol–water partition coefficient (Wildman–Crippen LogP) is 1.77. The molecule has 9 heteroatoms. The maximum Gasteiger partial charge on any atom is 0.417 e. The molecular weight excluding hydrogens is 303 g/mol. The lowest BCUT2D eigenvalue weighted by Crippen LogP contribution is -2.51. The number of hydrazine groups is 1. The van der Waals surface area contributed by atoms with Crippen molar-refractivity contribution in [2.24, 2.45) is 0 Å². The molecule has 22 heavy (non-hydrogen) atoms. The minimum atomic E-state index is -4.86. The second kappa shape index (κ2) is 4.94. The van der Waals surface area contributed by atoms with Gasteiger partial charge in [-0.2, -0.15) is 13.2 Å². The van der Waals surface area contributed by atoms with Crippen LogP contribution in [-0.2, 0) is 4.79 Å². The topological polar surface area (TPSA) is 66.7 Å². The largest absolute Gasteiger partial charge is 0.417 e. The van der Waals surface area contributed by atoms with Gasteiger partial charge in [-0.3, -0.25) is 19.9 Å². The molecule has 3 rings (SSSR count). The van der Waals surface area contributed by atoms with Crippen molar-refractivity contribution in [1.82, 2.24) is 10.0 Å². The number of hydrogen-bond acceptors (Lipinski definition) is 4. The van der Waals surface area contributed by atoms with E-state index >= 15 is 0 Å². The van der Waals surface area contributed by atoms with Crippen LogP contribution < -0.4 is 0 Å². The molecule has 2 aliphatic heterocycles. The molecule has 1 aromatic rings. The number of fused-ring (bicyclic) bond motifs is 1. The summed E-state index contributed by atoms with van der Waals surface area (Å²) in [5, 5.41) is 13.0. The first-order chi connectivity index (χ1) is 10.3. The summed E-state index contributed by atoms with van der Waals surface area (Å²) in [5.41, 5.74) is 0.399. The smallest absolute Gasteiger partial charge is 0.273 e. The van der Waals surface area contributed by atoms with Crippen molar-refractivity contribution in [2.45, 2.75) is 30.7 Å². The van der Waals surface area contributed by atoms with Crippen LogP contribution >= 0.6 is 0 Å². The van der Waals surface area contributed by atoms with E-state index in [0.29, 0.717) is 10.6 Å². The van der Waals surface area contributed by atoms with Gasteiger partial charge in [0.15, 0.2) is 0 Å². The molecule has 0 radical (unpaired) electrons. The van der Waals surface area contributed by atoms with Crippen LogP contribution in [0.5, 0.6) is 0 Å². The van der Waals surface area contributed by atoms with Crippen LogP contribution in [0.3, 0.4) is 0 Å². The van der Waals surface area contributed by atoms with E-state index < -0.39 is 35.1 Å².